The van der Waals surface area contributed by atoms with Gasteiger partial charge in [-0.05, 0) is 25.9 Å². The van der Waals surface area contributed by atoms with Crippen LogP contribution in [0, 0.1) is 0 Å². The van der Waals surface area contributed by atoms with Gasteiger partial charge in [0.2, 0.25) is 0 Å². The number of ether oxygens (including phenoxy) is 2. The van der Waals surface area contributed by atoms with Crippen molar-refractivity contribution in [1.29, 1.82) is 0 Å². The maximum atomic E-state index is 5.15. The molecule has 0 aromatic carbocycles. The van der Waals surface area contributed by atoms with E-state index in [1.165, 1.54) is 19.4 Å². The number of likely N-dealkylation sites (tertiary alicyclic amines) is 1. The Morgan fingerprint density at radius 1 is 1.40 bits per heavy atom. The molecular weight excluding hydrogens is 192 g/mol. The molecule has 0 radical (unpaired) electrons. The minimum atomic E-state index is -0.123. The summed E-state index contributed by atoms with van der Waals surface area (Å²) in [5, 5.41) is 3.50. The lowest BCUT2D eigenvalue weighted by atomic mass is 10.1. The molecule has 1 heterocycles. The van der Waals surface area contributed by atoms with E-state index in [1.807, 2.05) is 0 Å². The fourth-order valence-corrected chi connectivity index (χ4v) is 2.04. The van der Waals surface area contributed by atoms with Crippen molar-refractivity contribution in [3.8, 4) is 0 Å². The highest BCUT2D eigenvalue weighted by atomic mass is 16.7. The number of likely N-dealkylation sites (N-methyl/N-ethyl adjacent to an activating group) is 1. The van der Waals surface area contributed by atoms with Crippen LogP contribution in [0.25, 0.3) is 0 Å². The molecule has 1 fully saturated rings. The lowest BCUT2D eigenvalue weighted by Crippen LogP contribution is -2.47. The van der Waals surface area contributed by atoms with Crippen molar-refractivity contribution >= 4 is 0 Å². The molecule has 15 heavy (non-hydrogen) atoms. The van der Waals surface area contributed by atoms with Crippen molar-refractivity contribution in [2.45, 2.75) is 32.1 Å². The molecule has 0 aliphatic carbocycles. The predicted molar refractivity (Wildman–Crippen MR) is 60.9 cm³/mol. The van der Waals surface area contributed by atoms with Crippen molar-refractivity contribution < 1.29 is 9.47 Å². The van der Waals surface area contributed by atoms with Gasteiger partial charge in [0.15, 0.2) is 6.29 Å². The van der Waals surface area contributed by atoms with E-state index < -0.39 is 0 Å². The molecular formula is C11H24N2O2. The summed E-state index contributed by atoms with van der Waals surface area (Å²) in [6.45, 7) is 6.53. The van der Waals surface area contributed by atoms with Crippen LogP contribution in [0.4, 0.5) is 0 Å². The Bertz CT molecular complexity index is 163. The first-order chi connectivity index (χ1) is 7.30. The molecule has 0 amide bonds. The van der Waals surface area contributed by atoms with Crippen molar-refractivity contribution in [2.75, 3.05) is 40.4 Å². The second-order valence-corrected chi connectivity index (χ2v) is 4.04. The largest absolute Gasteiger partial charge is 0.355 e. The van der Waals surface area contributed by atoms with E-state index in [9.17, 15) is 0 Å². The average Bonchev–Trinajstić information content (AvgIpc) is 2.31. The standard InChI is InChI=1S/C11H24N2O2/c1-4-13-7-5-6-10(9-13)12-8-11(14-2)15-3/h10-12H,4-9H2,1-3H3. The highest BCUT2D eigenvalue weighted by Crippen LogP contribution is 2.09. The zero-order chi connectivity index (χ0) is 11.1. The van der Waals surface area contributed by atoms with Crippen LogP contribution in [-0.2, 0) is 9.47 Å². The molecule has 1 aliphatic heterocycles. The number of hydrogen-bond acceptors (Lipinski definition) is 4. The Hall–Kier alpha value is -0.160. The van der Waals surface area contributed by atoms with E-state index in [0.717, 1.165) is 19.6 Å². The van der Waals surface area contributed by atoms with Gasteiger partial charge in [0, 0.05) is 33.4 Å². The van der Waals surface area contributed by atoms with Gasteiger partial charge in [0.05, 0.1) is 0 Å². The molecule has 1 atom stereocenters. The van der Waals surface area contributed by atoms with Gasteiger partial charge in [-0.3, -0.25) is 0 Å². The van der Waals surface area contributed by atoms with Crippen molar-refractivity contribution in [2.24, 2.45) is 0 Å². The number of methoxy groups -OCH3 is 2. The monoisotopic (exact) mass is 216 g/mol. The van der Waals surface area contributed by atoms with Gasteiger partial charge in [-0.25, -0.2) is 0 Å². The number of nitrogens with one attached hydrogen (secondary N) is 1. The van der Waals surface area contributed by atoms with Gasteiger partial charge in [0.1, 0.15) is 0 Å². The second-order valence-electron chi connectivity index (χ2n) is 4.04. The summed E-state index contributed by atoms with van der Waals surface area (Å²) >= 11 is 0. The Kier molecular flexibility index (Phi) is 6.17. The Balaban J connectivity index is 2.20. The molecule has 1 rings (SSSR count). The van der Waals surface area contributed by atoms with E-state index >= 15 is 0 Å². The van der Waals surface area contributed by atoms with Crippen molar-refractivity contribution in [3.63, 3.8) is 0 Å². The molecule has 1 N–H and O–H groups in total. The molecule has 0 bridgehead atoms. The van der Waals surface area contributed by atoms with Crippen molar-refractivity contribution in [1.82, 2.24) is 10.2 Å². The van der Waals surface area contributed by atoms with Crippen LogP contribution in [0.1, 0.15) is 19.8 Å². The van der Waals surface area contributed by atoms with Crippen LogP contribution in [0.15, 0.2) is 0 Å². The molecule has 1 aliphatic rings. The average molecular weight is 216 g/mol. The molecule has 4 nitrogen and oxygen atoms in total. The highest BCUT2D eigenvalue weighted by Gasteiger charge is 2.19. The number of piperidine rings is 1. The molecule has 1 unspecified atom stereocenters. The first kappa shape index (κ1) is 12.9. The van der Waals surface area contributed by atoms with Crippen LogP contribution < -0.4 is 5.32 Å². The van der Waals surface area contributed by atoms with Crippen LogP contribution >= 0.6 is 0 Å². The van der Waals surface area contributed by atoms with Crippen LogP contribution in [0.5, 0.6) is 0 Å². The third-order valence-electron chi connectivity index (χ3n) is 3.05. The maximum Gasteiger partial charge on any atom is 0.169 e. The quantitative estimate of drug-likeness (QED) is 0.662. The van der Waals surface area contributed by atoms with E-state index in [4.69, 9.17) is 9.47 Å². The molecule has 90 valence electrons. The van der Waals surface area contributed by atoms with Gasteiger partial charge in [-0.2, -0.15) is 0 Å². The van der Waals surface area contributed by atoms with Crippen LogP contribution in [0.3, 0.4) is 0 Å². The topological polar surface area (TPSA) is 33.7 Å². The van der Waals surface area contributed by atoms with Gasteiger partial charge in [-0.1, -0.05) is 6.92 Å². The number of rotatable bonds is 6. The SMILES string of the molecule is CCN1CCCC(NCC(OC)OC)C1. The summed E-state index contributed by atoms with van der Waals surface area (Å²) in [6.07, 6.45) is 2.43. The minimum absolute atomic E-state index is 0.123. The van der Waals surface area contributed by atoms with E-state index in [2.05, 4.69) is 17.1 Å². The normalized spacial score (nSPS) is 23.6. The number of hydrogen-bond donors (Lipinski definition) is 1. The van der Waals surface area contributed by atoms with E-state index in [0.29, 0.717) is 6.04 Å². The summed E-state index contributed by atoms with van der Waals surface area (Å²) in [7, 11) is 3.35. The molecule has 0 aromatic rings. The smallest absolute Gasteiger partial charge is 0.169 e. The molecule has 1 saturated heterocycles. The molecule has 0 spiro atoms. The summed E-state index contributed by atoms with van der Waals surface area (Å²) in [5.41, 5.74) is 0. The predicted octanol–water partition coefficient (Wildman–Crippen LogP) is 0.679. The first-order valence-corrected chi connectivity index (χ1v) is 5.81. The Labute approximate surface area is 92.9 Å². The molecule has 4 heteroatoms. The van der Waals surface area contributed by atoms with Crippen LogP contribution in [-0.4, -0.2) is 57.6 Å². The third kappa shape index (κ3) is 4.47. The maximum absolute atomic E-state index is 5.15. The second kappa shape index (κ2) is 7.17. The van der Waals surface area contributed by atoms with Crippen molar-refractivity contribution in [3.05, 3.63) is 0 Å². The fourth-order valence-electron chi connectivity index (χ4n) is 2.04. The zero-order valence-corrected chi connectivity index (χ0v) is 10.2. The summed E-state index contributed by atoms with van der Waals surface area (Å²) < 4.78 is 10.3. The summed E-state index contributed by atoms with van der Waals surface area (Å²) in [5.74, 6) is 0. The summed E-state index contributed by atoms with van der Waals surface area (Å²) in [4.78, 5) is 2.48. The third-order valence-corrected chi connectivity index (χ3v) is 3.05. The van der Waals surface area contributed by atoms with E-state index in [1.54, 1.807) is 14.2 Å². The zero-order valence-electron chi connectivity index (χ0n) is 10.2. The Morgan fingerprint density at radius 2 is 2.13 bits per heavy atom. The highest BCUT2D eigenvalue weighted by molar-refractivity contribution is 4.77. The van der Waals surface area contributed by atoms with Gasteiger partial charge < -0.3 is 19.7 Å². The first-order valence-electron chi connectivity index (χ1n) is 5.81. The van der Waals surface area contributed by atoms with Crippen LogP contribution in [0.2, 0.25) is 0 Å². The lowest BCUT2D eigenvalue weighted by Gasteiger charge is -2.33. The lowest BCUT2D eigenvalue weighted by molar-refractivity contribution is -0.100. The minimum Gasteiger partial charge on any atom is -0.355 e. The Morgan fingerprint density at radius 3 is 2.73 bits per heavy atom. The summed E-state index contributed by atoms with van der Waals surface area (Å²) in [6, 6.07) is 0.589. The van der Waals surface area contributed by atoms with Gasteiger partial charge >= 0.3 is 0 Å². The number of nitrogens with zero attached hydrogens (tertiary/aromatic N) is 1. The van der Waals surface area contributed by atoms with Gasteiger partial charge in [0.25, 0.3) is 0 Å². The fraction of sp³-hybridized carbons (Fsp3) is 1.00. The van der Waals surface area contributed by atoms with Gasteiger partial charge in [-0.15, -0.1) is 0 Å². The molecule has 0 saturated carbocycles. The molecule has 0 aromatic heterocycles. The van der Waals surface area contributed by atoms with E-state index in [-0.39, 0.29) is 6.29 Å².